The summed E-state index contributed by atoms with van der Waals surface area (Å²) in [6.07, 6.45) is 1.81. The molecule has 0 amide bonds. The van der Waals surface area contributed by atoms with Gasteiger partial charge in [0.25, 0.3) is 5.56 Å². The first-order valence-electron chi connectivity index (χ1n) is 8.10. The van der Waals surface area contributed by atoms with Crippen LogP contribution in [0.15, 0.2) is 35.4 Å². The van der Waals surface area contributed by atoms with Crippen molar-refractivity contribution in [2.45, 2.75) is 19.9 Å². The Morgan fingerprint density at radius 3 is 2.59 bits per heavy atom. The molecule has 1 aromatic carbocycles. The lowest BCUT2D eigenvalue weighted by atomic mass is 10.0. The van der Waals surface area contributed by atoms with E-state index in [9.17, 15) is 9.59 Å². The molecule has 0 spiro atoms. The maximum atomic E-state index is 12.5. The van der Waals surface area contributed by atoms with Crippen LogP contribution in [0.3, 0.4) is 0 Å². The number of carboxylic acids is 1. The zero-order chi connectivity index (χ0) is 19.1. The lowest BCUT2D eigenvalue weighted by Crippen LogP contribution is -2.26. The standard InChI is InChI=1S/C17H13ClN6O3/c1-2-11-13(9-3-5-10(18)6-4-9)15-21-20-14-16(24(15)22-11)19-8-23(17(14)27)7-12(25)26/h3-6,8H,2,7H2,1H3,(H,25,26). The van der Waals surface area contributed by atoms with Crippen molar-refractivity contribution in [2.24, 2.45) is 0 Å². The lowest BCUT2D eigenvalue weighted by Gasteiger charge is -2.04. The Kier molecular flexibility index (Phi) is 4.08. The molecule has 0 aliphatic carbocycles. The number of benzene rings is 1. The molecule has 0 atom stereocenters. The quantitative estimate of drug-likeness (QED) is 0.570. The van der Waals surface area contributed by atoms with Crippen LogP contribution in [0.1, 0.15) is 12.6 Å². The minimum atomic E-state index is -1.15. The Morgan fingerprint density at radius 2 is 1.93 bits per heavy atom. The van der Waals surface area contributed by atoms with Crippen molar-refractivity contribution in [2.75, 3.05) is 0 Å². The second-order valence-electron chi connectivity index (χ2n) is 5.86. The third kappa shape index (κ3) is 2.81. The van der Waals surface area contributed by atoms with Crippen LogP contribution in [0.2, 0.25) is 5.02 Å². The molecular formula is C17H13ClN6O3. The molecule has 0 aliphatic heterocycles. The molecule has 0 radical (unpaired) electrons. The number of rotatable bonds is 4. The van der Waals surface area contributed by atoms with E-state index in [-0.39, 0.29) is 11.2 Å². The largest absolute Gasteiger partial charge is 0.480 e. The van der Waals surface area contributed by atoms with Crippen LogP contribution >= 0.6 is 11.6 Å². The number of hydrogen-bond donors (Lipinski definition) is 1. The number of hydrogen-bond acceptors (Lipinski definition) is 6. The third-order valence-electron chi connectivity index (χ3n) is 4.15. The first-order valence-corrected chi connectivity index (χ1v) is 8.48. The molecule has 0 bridgehead atoms. The first kappa shape index (κ1) is 17.1. The molecule has 1 N–H and O–H groups in total. The average Bonchev–Trinajstić information content (AvgIpc) is 3.03. The Morgan fingerprint density at radius 1 is 1.19 bits per heavy atom. The highest BCUT2D eigenvalue weighted by molar-refractivity contribution is 6.30. The summed E-state index contributed by atoms with van der Waals surface area (Å²) < 4.78 is 2.44. The molecule has 3 aromatic heterocycles. The Bertz CT molecular complexity index is 1250. The molecule has 27 heavy (non-hydrogen) atoms. The second-order valence-corrected chi connectivity index (χ2v) is 6.30. The van der Waals surface area contributed by atoms with Crippen molar-refractivity contribution < 1.29 is 9.90 Å². The number of fused-ring (bicyclic) bond motifs is 3. The second kappa shape index (κ2) is 6.44. The number of carboxylic acid groups (broad SMARTS) is 1. The summed E-state index contributed by atoms with van der Waals surface area (Å²) in [5.74, 6) is -1.15. The van der Waals surface area contributed by atoms with Gasteiger partial charge in [-0.05, 0) is 24.1 Å². The molecule has 9 nitrogen and oxygen atoms in total. The van der Waals surface area contributed by atoms with E-state index in [4.69, 9.17) is 16.7 Å². The van der Waals surface area contributed by atoms with E-state index < -0.39 is 18.1 Å². The summed E-state index contributed by atoms with van der Waals surface area (Å²) in [6, 6.07) is 7.28. The number of aliphatic carboxylic acids is 1. The zero-order valence-electron chi connectivity index (χ0n) is 14.1. The van der Waals surface area contributed by atoms with Gasteiger partial charge < -0.3 is 5.11 Å². The molecular weight excluding hydrogens is 372 g/mol. The topological polar surface area (TPSA) is 115 Å². The first-order chi connectivity index (χ1) is 13.0. The highest BCUT2D eigenvalue weighted by Crippen LogP contribution is 2.29. The van der Waals surface area contributed by atoms with Crippen LogP contribution in [0.4, 0.5) is 0 Å². The molecule has 3 heterocycles. The van der Waals surface area contributed by atoms with Gasteiger partial charge in [-0.3, -0.25) is 14.2 Å². The van der Waals surface area contributed by atoms with Gasteiger partial charge in [-0.25, -0.2) is 4.98 Å². The van der Waals surface area contributed by atoms with Gasteiger partial charge >= 0.3 is 5.97 Å². The van der Waals surface area contributed by atoms with Gasteiger partial charge in [0.1, 0.15) is 12.9 Å². The highest BCUT2D eigenvalue weighted by Gasteiger charge is 2.19. The molecule has 4 rings (SSSR count). The smallest absolute Gasteiger partial charge is 0.323 e. The summed E-state index contributed by atoms with van der Waals surface area (Å²) in [6.45, 7) is 1.46. The van der Waals surface area contributed by atoms with Crippen molar-refractivity contribution in [3.63, 3.8) is 0 Å². The van der Waals surface area contributed by atoms with Crippen molar-refractivity contribution in [3.05, 3.63) is 51.7 Å². The van der Waals surface area contributed by atoms with E-state index in [2.05, 4.69) is 20.3 Å². The van der Waals surface area contributed by atoms with Crippen molar-refractivity contribution in [1.82, 2.24) is 29.4 Å². The Labute approximate surface area is 156 Å². The molecule has 0 saturated heterocycles. The van der Waals surface area contributed by atoms with Crippen molar-refractivity contribution in [3.8, 4) is 11.1 Å². The molecule has 0 saturated carbocycles. The van der Waals surface area contributed by atoms with Crippen LogP contribution < -0.4 is 5.56 Å². The summed E-state index contributed by atoms with van der Waals surface area (Å²) in [5.41, 5.74) is 2.50. The zero-order valence-corrected chi connectivity index (χ0v) is 14.9. The fraction of sp³-hybridized carbons (Fsp3) is 0.176. The minimum absolute atomic E-state index is 0.0425. The Hall–Kier alpha value is -3.33. The van der Waals surface area contributed by atoms with Crippen LogP contribution in [-0.4, -0.2) is 40.4 Å². The number of aromatic nitrogens is 6. The maximum Gasteiger partial charge on any atom is 0.323 e. The van der Waals surface area contributed by atoms with E-state index >= 15 is 0 Å². The van der Waals surface area contributed by atoms with Crippen LogP contribution in [-0.2, 0) is 17.8 Å². The monoisotopic (exact) mass is 384 g/mol. The van der Waals surface area contributed by atoms with Gasteiger partial charge in [0.15, 0.2) is 16.8 Å². The van der Waals surface area contributed by atoms with E-state index in [0.29, 0.717) is 17.1 Å². The lowest BCUT2D eigenvalue weighted by molar-refractivity contribution is -0.137. The van der Waals surface area contributed by atoms with Gasteiger partial charge in [-0.2, -0.15) is 9.61 Å². The summed E-state index contributed by atoms with van der Waals surface area (Å²) in [4.78, 5) is 27.6. The SMILES string of the molecule is CCc1nn2c(nnc3c(=O)n(CC(=O)O)cnc32)c1-c1ccc(Cl)cc1. The summed E-state index contributed by atoms with van der Waals surface area (Å²) in [7, 11) is 0. The molecule has 4 aromatic rings. The summed E-state index contributed by atoms with van der Waals surface area (Å²) >= 11 is 5.97. The average molecular weight is 385 g/mol. The van der Waals surface area contributed by atoms with E-state index in [0.717, 1.165) is 21.4 Å². The Balaban J connectivity index is 2.01. The molecule has 0 fully saturated rings. The van der Waals surface area contributed by atoms with Crippen molar-refractivity contribution >= 4 is 34.4 Å². The van der Waals surface area contributed by atoms with Crippen LogP contribution in [0.5, 0.6) is 0 Å². The predicted octanol–water partition coefficient (Wildman–Crippen LogP) is 1.80. The van der Waals surface area contributed by atoms with Gasteiger partial charge in [0.05, 0.1) is 11.3 Å². The van der Waals surface area contributed by atoms with E-state index in [1.807, 2.05) is 19.1 Å². The normalized spacial score (nSPS) is 11.3. The molecule has 136 valence electrons. The van der Waals surface area contributed by atoms with Gasteiger partial charge in [0.2, 0.25) is 0 Å². The van der Waals surface area contributed by atoms with Crippen LogP contribution in [0.25, 0.3) is 27.9 Å². The van der Waals surface area contributed by atoms with Crippen LogP contribution in [0, 0.1) is 0 Å². The highest BCUT2D eigenvalue weighted by atomic mass is 35.5. The minimum Gasteiger partial charge on any atom is -0.480 e. The third-order valence-corrected chi connectivity index (χ3v) is 4.40. The molecule has 10 heteroatoms. The fourth-order valence-electron chi connectivity index (χ4n) is 2.92. The maximum absolute atomic E-state index is 12.5. The molecule has 0 aliphatic rings. The van der Waals surface area contributed by atoms with Gasteiger partial charge in [0, 0.05) is 5.02 Å². The fourth-order valence-corrected chi connectivity index (χ4v) is 3.05. The number of aryl methyl sites for hydroxylation is 1. The van der Waals surface area contributed by atoms with E-state index in [1.54, 1.807) is 12.1 Å². The number of nitrogens with zero attached hydrogens (tertiary/aromatic N) is 6. The van der Waals surface area contributed by atoms with Gasteiger partial charge in [-0.15, -0.1) is 10.2 Å². The number of halogens is 1. The van der Waals surface area contributed by atoms with Crippen molar-refractivity contribution in [1.29, 1.82) is 0 Å². The molecule has 0 unspecified atom stereocenters. The van der Waals surface area contributed by atoms with E-state index in [1.165, 1.54) is 10.8 Å². The summed E-state index contributed by atoms with van der Waals surface area (Å²) in [5, 5.41) is 22.2. The predicted molar refractivity (Wildman–Crippen MR) is 97.8 cm³/mol. The van der Waals surface area contributed by atoms with Gasteiger partial charge in [-0.1, -0.05) is 30.7 Å². The number of carbonyl (C=O) groups is 1.